The van der Waals surface area contributed by atoms with Crippen molar-refractivity contribution in [1.82, 2.24) is 20.3 Å². The van der Waals surface area contributed by atoms with Crippen molar-refractivity contribution < 1.29 is 37.2 Å². The fraction of sp³-hybridized carbons (Fsp3) is 0.367. The zero-order valence-corrected chi connectivity index (χ0v) is 24.4. The van der Waals surface area contributed by atoms with Gasteiger partial charge in [0.2, 0.25) is 11.7 Å². The molecule has 1 aromatic carbocycles. The van der Waals surface area contributed by atoms with Crippen molar-refractivity contribution in [1.29, 1.82) is 0 Å². The van der Waals surface area contributed by atoms with E-state index in [0.29, 0.717) is 65.4 Å². The van der Waals surface area contributed by atoms with Crippen LogP contribution in [0, 0.1) is 0 Å². The van der Waals surface area contributed by atoms with Crippen LogP contribution in [0.25, 0.3) is 28.7 Å². The lowest BCUT2D eigenvalue weighted by molar-refractivity contribution is -0.134. The van der Waals surface area contributed by atoms with E-state index in [-0.39, 0.29) is 22.7 Å². The average molecular weight is 645 g/mol. The van der Waals surface area contributed by atoms with Crippen LogP contribution in [-0.2, 0) is 10.2 Å². The summed E-state index contributed by atoms with van der Waals surface area (Å²) in [7, 11) is 0. The highest BCUT2D eigenvalue weighted by atomic mass is 35.5. The number of benzene rings is 1. The highest BCUT2D eigenvalue weighted by Crippen LogP contribution is 2.52. The average Bonchev–Trinajstić information content (AvgIpc) is 3.56. The zero-order valence-electron chi connectivity index (χ0n) is 22.9. The van der Waals surface area contributed by atoms with Gasteiger partial charge < -0.3 is 23.6 Å². The Balaban J connectivity index is 1.13. The number of nitrogens with zero attached hydrogens (tertiary/aromatic N) is 4. The molecule has 44 heavy (non-hydrogen) atoms. The van der Waals surface area contributed by atoms with Crippen molar-refractivity contribution in [2.75, 3.05) is 6.61 Å². The first-order valence-corrected chi connectivity index (χ1v) is 14.7. The van der Waals surface area contributed by atoms with Gasteiger partial charge in [0.1, 0.15) is 17.2 Å². The third kappa shape index (κ3) is 5.24. The molecule has 0 amide bonds. The van der Waals surface area contributed by atoms with E-state index < -0.39 is 23.6 Å². The molecule has 0 atom stereocenters. The molecule has 1 N–H and O–H groups in total. The number of alkyl halides is 2. The predicted octanol–water partition coefficient (Wildman–Crippen LogP) is 7.56. The second-order valence-corrected chi connectivity index (χ2v) is 12.2. The molecule has 2 aliphatic carbocycles. The SMILES string of the molecule is O=C(O)c1cc(OC(F)F)cc(-c2noc(C34CCC(C=Cc5c(-c6c(Cl)cncc6Cl)noc5C5CC5)(CC3)OC4)n2)c1. The van der Waals surface area contributed by atoms with Crippen LogP contribution >= 0.6 is 23.2 Å². The molecular weight excluding hydrogens is 621 g/mol. The molecule has 0 spiro atoms. The maximum absolute atomic E-state index is 12.8. The molecule has 8 rings (SSSR count). The maximum atomic E-state index is 12.8. The molecule has 2 bridgehead atoms. The van der Waals surface area contributed by atoms with E-state index in [1.807, 2.05) is 6.08 Å². The number of hydrogen-bond acceptors (Lipinski definition) is 9. The fourth-order valence-electron chi connectivity index (χ4n) is 5.96. The minimum atomic E-state index is -3.12. The highest BCUT2D eigenvalue weighted by molar-refractivity contribution is 6.39. The lowest BCUT2D eigenvalue weighted by Gasteiger charge is -2.50. The number of halogens is 4. The van der Waals surface area contributed by atoms with Crippen LogP contribution in [0.4, 0.5) is 8.78 Å². The Morgan fingerprint density at radius 3 is 2.45 bits per heavy atom. The van der Waals surface area contributed by atoms with Gasteiger partial charge in [-0.2, -0.15) is 13.8 Å². The second kappa shape index (κ2) is 10.9. The van der Waals surface area contributed by atoms with Gasteiger partial charge in [0.05, 0.1) is 33.2 Å². The summed E-state index contributed by atoms with van der Waals surface area (Å²) in [6, 6.07) is 3.54. The van der Waals surface area contributed by atoms with Gasteiger partial charge in [-0.05, 0) is 56.7 Å². The summed E-state index contributed by atoms with van der Waals surface area (Å²) >= 11 is 12.9. The van der Waals surface area contributed by atoms with E-state index >= 15 is 0 Å². The predicted molar refractivity (Wildman–Crippen MR) is 153 cm³/mol. The van der Waals surface area contributed by atoms with Gasteiger partial charge >= 0.3 is 12.6 Å². The van der Waals surface area contributed by atoms with E-state index in [0.717, 1.165) is 30.2 Å². The van der Waals surface area contributed by atoms with E-state index in [2.05, 4.69) is 31.1 Å². The van der Waals surface area contributed by atoms with Crippen LogP contribution in [0.2, 0.25) is 10.0 Å². The standard InChI is InChI=1S/C30H24Cl2F2N4O6/c31-20-12-35-13-21(32)22(20)23-19(24(43-37-23)15-1-2-15)3-4-30-7-5-29(6-8-30,14-41-30)27-36-25(38-44-27)16-9-17(26(39)40)11-18(10-16)42-28(33)34/h3-4,9-13,15,28H,1-2,5-8,14H2,(H,39,40). The Labute approximate surface area is 258 Å². The smallest absolute Gasteiger partial charge is 0.387 e. The topological polar surface area (TPSA) is 134 Å². The molecule has 2 saturated carbocycles. The first-order valence-electron chi connectivity index (χ1n) is 14.0. The molecule has 4 aliphatic rings. The van der Waals surface area contributed by atoms with E-state index in [1.54, 1.807) is 0 Å². The Kier molecular flexibility index (Phi) is 7.18. The molecule has 2 saturated heterocycles. The third-order valence-corrected chi connectivity index (χ3v) is 9.13. The summed E-state index contributed by atoms with van der Waals surface area (Å²) in [5.41, 5.74) is 0.830. The number of ether oxygens (including phenoxy) is 2. The van der Waals surface area contributed by atoms with E-state index in [9.17, 15) is 18.7 Å². The third-order valence-electron chi connectivity index (χ3n) is 8.55. The molecule has 0 unspecified atom stereocenters. The van der Waals surface area contributed by atoms with Crippen molar-refractivity contribution in [3.63, 3.8) is 0 Å². The van der Waals surface area contributed by atoms with Crippen molar-refractivity contribution >= 4 is 35.2 Å². The van der Waals surface area contributed by atoms with Gasteiger partial charge in [-0.15, -0.1) is 0 Å². The molecule has 10 nitrogen and oxygen atoms in total. The summed E-state index contributed by atoms with van der Waals surface area (Å²) in [5, 5.41) is 18.5. The molecule has 2 aliphatic heterocycles. The molecule has 4 aromatic rings. The summed E-state index contributed by atoms with van der Waals surface area (Å²) in [6.45, 7) is -2.80. The molecule has 228 valence electrons. The van der Waals surface area contributed by atoms with Crippen LogP contribution < -0.4 is 4.74 Å². The number of rotatable bonds is 9. The molecule has 0 radical (unpaired) electrons. The Bertz CT molecular complexity index is 1740. The summed E-state index contributed by atoms with van der Waals surface area (Å²) in [6.07, 6.45) is 11.9. The lowest BCUT2D eigenvalue weighted by Crippen LogP contribution is -2.52. The Hall–Kier alpha value is -3.87. The number of pyridine rings is 1. The Morgan fingerprint density at radius 1 is 1.07 bits per heavy atom. The first-order chi connectivity index (χ1) is 21.2. The number of aromatic nitrogens is 4. The second-order valence-electron chi connectivity index (χ2n) is 11.4. The van der Waals surface area contributed by atoms with Crippen LogP contribution in [-0.4, -0.2) is 50.2 Å². The first kappa shape index (κ1) is 28.9. The maximum Gasteiger partial charge on any atom is 0.387 e. The monoisotopic (exact) mass is 644 g/mol. The summed E-state index contributed by atoms with van der Waals surface area (Å²) in [4.78, 5) is 20.1. The van der Waals surface area contributed by atoms with Gasteiger partial charge in [-0.3, -0.25) is 4.98 Å². The van der Waals surface area contributed by atoms with Crippen molar-refractivity contribution in [3.8, 4) is 28.4 Å². The number of carbonyl (C=O) groups is 1. The molecule has 14 heteroatoms. The largest absolute Gasteiger partial charge is 0.478 e. The van der Waals surface area contributed by atoms with Crippen LogP contribution in [0.3, 0.4) is 0 Å². The lowest BCUT2D eigenvalue weighted by atomic mass is 9.65. The number of aromatic carboxylic acids is 1. The van der Waals surface area contributed by atoms with Crippen molar-refractivity contribution in [3.05, 3.63) is 69.5 Å². The van der Waals surface area contributed by atoms with Gasteiger partial charge in [-0.25, -0.2) is 4.79 Å². The minimum absolute atomic E-state index is 0.0694. The van der Waals surface area contributed by atoms with E-state index in [1.165, 1.54) is 24.5 Å². The Morgan fingerprint density at radius 2 is 1.82 bits per heavy atom. The number of fused-ring (bicyclic) bond motifs is 3. The quantitative estimate of drug-likeness (QED) is 0.194. The molecule has 3 aromatic heterocycles. The van der Waals surface area contributed by atoms with Crippen LogP contribution in [0.5, 0.6) is 5.75 Å². The van der Waals surface area contributed by atoms with Crippen molar-refractivity contribution in [2.24, 2.45) is 0 Å². The van der Waals surface area contributed by atoms with Gasteiger partial charge in [0.25, 0.3) is 0 Å². The molecule has 5 heterocycles. The van der Waals surface area contributed by atoms with Crippen molar-refractivity contribution in [2.45, 2.75) is 62.1 Å². The fourth-order valence-corrected chi connectivity index (χ4v) is 6.50. The molecular formula is C30H24Cl2F2N4O6. The van der Waals surface area contributed by atoms with Crippen LogP contribution in [0.1, 0.15) is 72.0 Å². The van der Waals surface area contributed by atoms with Gasteiger partial charge in [0.15, 0.2) is 0 Å². The van der Waals surface area contributed by atoms with Crippen LogP contribution in [0.15, 0.2) is 45.7 Å². The number of hydrogen-bond donors (Lipinski definition) is 1. The highest BCUT2D eigenvalue weighted by Gasteiger charge is 2.52. The zero-order chi connectivity index (χ0) is 30.6. The van der Waals surface area contributed by atoms with Gasteiger partial charge in [-0.1, -0.05) is 45.7 Å². The minimum Gasteiger partial charge on any atom is -0.478 e. The summed E-state index contributed by atoms with van der Waals surface area (Å²) in [5.74, 6) is -0.116. The number of carboxylic acids is 1. The van der Waals surface area contributed by atoms with E-state index in [4.69, 9.17) is 37.0 Å². The molecule has 4 fully saturated rings. The number of carboxylic acid groups (broad SMARTS) is 1. The van der Waals surface area contributed by atoms with Gasteiger partial charge in [0, 0.05) is 35.0 Å². The summed E-state index contributed by atoms with van der Waals surface area (Å²) < 4.78 is 48.0. The normalized spacial score (nSPS) is 23.1.